The first-order valence-electron chi connectivity index (χ1n) is 11.3. The van der Waals surface area contributed by atoms with E-state index in [1.165, 1.54) is 7.11 Å². The summed E-state index contributed by atoms with van der Waals surface area (Å²) in [4.78, 5) is 23.0. The van der Waals surface area contributed by atoms with Crippen LogP contribution in [0.25, 0.3) is 0 Å². The lowest BCUT2D eigenvalue weighted by molar-refractivity contribution is -0.161. The first-order chi connectivity index (χ1) is 16.6. The van der Waals surface area contributed by atoms with Crippen molar-refractivity contribution in [2.24, 2.45) is 11.3 Å². The van der Waals surface area contributed by atoms with Crippen LogP contribution in [-0.4, -0.2) is 41.0 Å². The number of imidazole rings is 1. The third-order valence-corrected chi connectivity index (χ3v) is 6.82. The Balaban J connectivity index is 0.00000342. The molecule has 4 rings (SSSR count). The Morgan fingerprint density at radius 2 is 1.94 bits per heavy atom. The van der Waals surface area contributed by atoms with Crippen molar-refractivity contribution in [3.63, 3.8) is 0 Å². The van der Waals surface area contributed by atoms with Gasteiger partial charge in [-0.15, -0.1) is 12.4 Å². The van der Waals surface area contributed by atoms with Crippen LogP contribution in [0.2, 0.25) is 0 Å². The summed E-state index contributed by atoms with van der Waals surface area (Å²) in [6, 6.07) is 19.4. The molecule has 3 aromatic rings. The van der Waals surface area contributed by atoms with Gasteiger partial charge in [0.25, 0.3) is 0 Å². The normalized spacial score (nSPS) is 19.7. The van der Waals surface area contributed by atoms with Crippen LogP contribution in [0.5, 0.6) is 0 Å². The number of ether oxygens (including phenoxy) is 1. The number of hydrogen-bond acceptors (Lipinski definition) is 6. The highest BCUT2D eigenvalue weighted by Gasteiger charge is 2.49. The van der Waals surface area contributed by atoms with Crippen molar-refractivity contribution < 1.29 is 9.53 Å². The van der Waals surface area contributed by atoms with Crippen LogP contribution in [-0.2, 0) is 28.9 Å². The minimum atomic E-state index is -0.721. The summed E-state index contributed by atoms with van der Waals surface area (Å²) in [6.07, 6.45) is 5.33. The summed E-state index contributed by atoms with van der Waals surface area (Å²) in [5.74, 6) is -0.231. The van der Waals surface area contributed by atoms with Crippen LogP contribution in [0.4, 0.5) is 0 Å². The molecule has 0 saturated carbocycles. The lowest BCUT2D eigenvalue weighted by Crippen LogP contribution is -2.53. The molecule has 2 aromatic carbocycles. The highest BCUT2D eigenvalue weighted by molar-refractivity contribution is 5.85. The monoisotopic (exact) mass is 489 g/mol. The average molecular weight is 490 g/mol. The molecule has 0 spiro atoms. The van der Waals surface area contributed by atoms with E-state index in [9.17, 15) is 10.1 Å². The smallest absolute Gasteiger partial charge is 0.312 e. The van der Waals surface area contributed by atoms with E-state index < -0.39 is 5.41 Å². The second-order valence-corrected chi connectivity index (χ2v) is 8.91. The Morgan fingerprint density at radius 3 is 2.60 bits per heavy atom. The van der Waals surface area contributed by atoms with E-state index in [4.69, 9.17) is 10.00 Å². The largest absolute Gasteiger partial charge is 0.469 e. The highest BCUT2D eigenvalue weighted by atomic mass is 35.5. The van der Waals surface area contributed by atoms with Gasteiger partial charge in [0, 0.05) is 25.0 Å². The zero-order chi connectivity index (χ0) is 24.0. The van der Waals surface area contributed by atoms with Crippen molar-refractivity contribution in [2.75, 3.05) is 20.2 Å². The van der Waals surface area contributed by atoms with E-state index in [1.807, 2.05) is 48.7 Å². The molecule has 35 heavy (non-hydrogen) atoms. The van der Waals surface area contributed by atoms with Crippen molar-refractivity contribution in [2.45, 2.75) is 25.8 Å². The number of likely N-dealkylation sites (tertiary alicyclic amines) is 1. The molecule has 1 aliphatic heterocycles. The maximum absolute atomic E-state index is 13.4. The summed E-state index contributed by atoms with van der Waals surface area (Å²) < 4.78 is 5.39. The molecule has 2 heterocycles. The number of nitrogens with zero attached hydrogens (tertiary/aromatic N) is 4. The summed E-state index contributed by atoms with van der Waals surface area (Å²) in [5, 5.41) is 18.5. The number of nitriles is 2. The molecule has 8 heteroatoms. The van der Waals surface area contributed by atoms with E-state index in [-0.39, 0.29) is 24.3 Å². The Kier molecular flexibility index (Phi) is 8.65. The van der Waals surface area contributed by atoms with Crippen molar-refractivity contribution in [3.8, 4) is 12.1 Å². The Labute approximate surface area is 211 Å². The molecule has 2 unspecified atom stereocenters. The highest BCUT2D eigenvalue weighted by Crippen LogP contribution is 2.43. The number of piperidine rings is 1. The molecule has 0 aliphatic carbocycles. The third kappa shape index (κ3) is 5.89. The van der Waals surface area contributed by atoms with Gasteiger partial charge in [-0.2, -0.15) is 10.5 Å². The molecule has 0 radical (unpaired) electrons. The first-order valence-corrected chi connectivity index (χ1v) is 11.3. The molecule has 1 saturated heterocycles. The standard InChI is InChI=1S/C27H27N5O2.ClH/c1-34-26(33)27(13-22-3-2-4-23(11-22)15-29)9-10-32(18-25-16-30-19-31-25)17-24(27)12-20-5-7-21(14-28)8-6-20;/h2-8,11,16,19,24H,9-10,12-13,17-18H2,1H3,(H,30,31);1H. The Hall–Kier alpha value is -3.65. The number of H-pyrrole nitrogens is 1. The molecular weight excluding hydrogens is 462 g/mol. The van der Waals surface area contributed by atoms with Crippen LogP contribution in [0.3, 0.4) is 0 Å². The van der Waals surface area contributed by atoms with E-state index in [2.05, 4.69) is 27.0 Å². The molecule has 1 N–H and O–H groups in total. The fourth-order valence-electron chi connectivity index (χ4n) is 5.05. The van der Waals surface area contributed by atoms with Gasteiger partial charge >= 0.3 is 5.97 Å². The van der Waals surface area contributed by atoms with Gasteiger partial charge in [-0.3, -0.25) is 9.69 Å². The predicted molar refractivity (Wildman–Crippen MR) is 133 cm³/mol. The fourth-order valence-corrected chi connectivity index (χ4v) is 5.05. The molecule has 1 fully saturated rings. The Bertz CT molecular complexity index is 1210. The van der Waals surface area contributed by atoms with Crippen molar-refractivity contribution in [1.29, 1.82) is 10.5 Å². The number of nitrogens with one attached hydrogen (secondary N) is 1. The van der Waals surface area contributed by atoms with Gasteiger partial charge in [0.15, 0.2) is 0 Å². The number of aromatic amines is 1. The van der Waals surface area contributed by atoms with E-state index in [0.29, 0.717) is 36.9 Å². The summed E-state index contributed by atoms with van der Waals surface area (Å²) >= 11 is 0. The fraction of sp³-hybridized carbons (Fsp3) is 0.333. The van der Waals surface area contributed by atoms with Gasteiger partial charge in [0.2, 0.25) is 0 Å². The summed E-state index contributed by atoms with van der Waals surface area (Å²) in [5.41, 5.74) is 3.53. The van der Waals surface area contributed by atoms with Gasteiger partial charge in [-0.25, -0.2) is 4.98 Å². The zero-order valence-corrected chi connectivity index (χ0v) is 20.4. The Morgan fingerprint density at radius 1 is 1.17 bits per heavy atom. The number of aromatic nitrogens is 2. The van der Waals surface area contributed by atoms with Crippen LogP contribution < -0.4 is 0 Å². The maximum Gasteiger partial charge on any atom is 0.312 e. The molecule has 2 atom stereocenters. The number of carbonyl (C=O) groups is 1. The van der Waals surface area contributed by atoms with Gasteiger partial charge in [0.1, 0.15) is 0 Å². The first kappa shape index (κ1) is 26.0. The van der Waals surface area contributed by atoms with Gasteiger partial charge in [-0.05, 0) is 67.1 Å². The van der Waals surface area contributed by atoms with Crippen LogP contribution >= 0.6 is 12.4 Å². The topological polar surface area (TPSA) is 106 Å². The second-order valence-electron chi connectivity index (χ2n) is 8.91. The lowest BCUT2D eigenvalue weighted by atomic mass is 9.64. The number of benzene rings is 2. The lowest BCUT2D eigenvalue weighted by Gasteiger charge is -2.46. The number of halogens is 1. The molecule has 180 valence electrons. The SMILES string of the molecule is COC(=O)C1(Cc2cccc(C#N)c2)CCN(Cc2cnc[nH]2)CC1Cc1ccc(C#N)cc1.Cl. The third-order valence-electron chi connectivity index (χ3n) is 6.82. The van der Waals surface area contributed by atoms with E-state index in [0.717, 1.165) is 29.9 Å². The van der Waals surface area contributed by atoms with E-state index in [1.54, 1.807) is 12.4 Å². The average Bonchev–Trinajstić information content (AvgIpc) is 3.39. The van der Waals surface area contributed by atoms with Crippen molar-refractivity contribution in [1.82, 2.24) is 14.9 Å². The van der Waals surface area contributed by atoms with Crippen LogP contribution in [0.15, 0.2) is 61.1 Å². The van der Waals surface area contributed by atoms with Gasteiger partial charge in [0.05, 0.1) is 42.1 Å². The number of esters is 1. The molecule has 1 aliphatic rings. The molecular formula is C27H28ClN5O2. The van der Waals surface area contributed by atoms with Crippen LogP contribution in [0.1, 0.15) is 34.4 Å². The molecule has 1 aromatic heterocycles. The molecule has 0 bridgehead atoms. The second kappa shape index (κ2) is 11.7. The van der Waals surface area contributed by atoms with Crippen molar-refractivity contribution in [3.05, 3.63) is 89.0 Å². The minimum absolute atomic E-state index is 0. The quantitative estimate of drug-likeness (QED) is 0.502. The number of rotatable bonds is 7. The number of hydrogen-bond donors (Lipinski definition) is 1. The molecule has 7 nitrogen and oxygen atoms in total. The minimum Gasteiger partial charge on any atom is -0.469 e. The van der Waals surface area contributed by atoms with E-state index >= 15 is 0 Å². The summed E-state index contributed by atoms with van der Waals surface area (Å²) in [7, 11) is 1.45. The predicted octanol–water partition coefficient (Wildman–Crippen LogP) is 4.04. The maximum atomic E-state index is 13.4. The van der Waals surface area contributed by atoms with Crippen molar-refractivity contribution >= 4 is 18.4 Å². The summed E-state index contributed by atoms with van der Waals surface area (Å²) in [6.45, 7) is 2.19. The van der Waals surface area contributed by atoms with Gasteiger partial charge in [-0.1, -0.05) is 24.3 Å². The number of carbonyl (C=O) groups excluding carboxylic acids is 1. The number of methoxy groups -OCH3 is 1. The zero-order valence-electron chi connectivity index (χ0n) is 19.6. The van der Waals surface area contributed by atoms with Crippen LogP contribution in [0, 0.1) is 34.0 Å². The molecule has 0 amide bonds. The van der Waals surface area contributed by atoms with Gasteiger partial charge < -0.3 is 9.72 Å².